The van der Waals surface area contributed by atoms with Crippen LogP contribution in [0.25, 0.3) is 0 Å². The molecule has 1 aromatic carbocycles. The summed E-state index contributed by atoms with van der Waals surface area (Å²) in [6, 6.07) is 6.20. The minimum absolute atomic E-state index is 0.146. The van der Waals surface area contributed by atoms with Crippen LogP contribution in [0.1, 0.15) is 20.8 Å². The SMILES string of the molecule is C[C@H](Nc1ccc(NC(=O)C(C)(C)Br)cc1)C(=O)O. The fourth-order valence-electron chi connectivity index (χ4n) is 1.24. The van der Waals surface area contributed by atoms with E-state index in [0.717, 1.165) is 0 Å². The molecule has 0 bridgehead atoms. The zero-order chi connectivity index (χ0) is 14.6. The lowest BCUT2D eigenvalue weighted by atomic mass is 10.2. The van der Waals surface area contributed by atoms with Gasteiger partial charge in [-0.05, 0) is 45.0 Å². The number of aliphatic carboxylic acids is 1. The largest absolute Gasteiger partial charge is 0.480 e. The van der Waals surface area contributed by atoms with Gasteiger partial charge in [-0.15, -0.1) is 0 Å². The quantitative estimate of drug-likeness (QED) is 0.726. The number of carbonyl (C=O) groups excluding carboxylic acids is 1. The standard InChI is InChI=1S/C13H17BrN2O3/c1-8(11(17)18)15-9-4-6-10(7-5-9)16-12(19)13(2,3)14/h4-8,15H,1-3H3,(H,16,19)(H,17,18)/t8-/m0/s1. The Hall–Kier alpha value is -1.56. The minimum atomic E-state index is -0.918. The maximum absolute atomic E-state index is 11.7. The van der Waals surface area contributed by atoms with Gasteiger partial charge in [0.05, 0.1) is 4.32 Å². The molecule has 3 N–H and O–H groups in total. The topological polar surface area (TPSA) is 78.4 Å². The van der Waals surface area contributed by atoms with Crippen molar-refractivity contribution < 1.29 is 14.7 Å². The van der Waals surface area contributed by atoms with Crippen molar-refractivity contribution in [2.75, 3.05) is 10.6 Å². The number of hydrogen-bond donors (Lipinski definition) is 3. The number of carboxylic acid groups (broad SMARTS) is 1. The molecule has 0 saturated heterocycles. The molecule has 0 heterocycles. The number of nitrogens with one attached hydrogen (secondary N) is 2. The third-order valence-electron chi connectivity index (χ3n) is 2.44. The molecule has 1 amide bonds. The Kier molecular flexibility index (Phi) is 4.94. The molecule has 1 atom stereocenters. The van der Waals surface area contributed by atoms with Crippen LogP contribution in [-0.4, -0.2) is 27.3 Å². The number of benzene rings is 1. The van der Waals surface area contributed by atoms with E-state index < -0.39 is 16.3 Å². The van der Waals surface area contributed by atoms with Crippen molar-refractivity contribution in [1.82, 2.24) is 0 Å². The first-order chi connectivity index (χ1) is 8.70. The van der Waals surface area contributed by atoms with E-state index in [1.807, 2.05) is 0 Å². The molecule has 0 fully saturated rings. The average molecular weight is 329 g/mol. The first-order valence-corrected chi connectivity index (χ1v) is 6.59. The van der Waals surface area contributed by atoms with Crippen LogP contribution in [0.15, 0.2) is 24.3 Å². The number of rotatable bonds is 5. The molecule has 0 aliphatic carbocycles. The molecule has 0 spiro atoms. The molecule has 0 radical (unpaired) electrons. The second kappa shape index (κ2) is 6.06. The summed E-state index contributed by atoms with van der Waals surface area (Å²) in [7, 11) is 0. The molecule has 0 saturated carbocycles. The van der Waals surface area contributed by atoms with Gasteiger partial charge in [-0.1, -0.05) is 15.9 Å². The van der Waals surface area contributed by atoms with Crippen LogP contribution in [0.5, 0.6) is 0 Å². The highest BCUT2D eigenvalue weighted by Crippen LogP contribution is 2.20. The fourth-order valence-corrected chi connectivity index (χ4v) is 1.34. The average Bonchev–Trinajstić information content (AvgIpc) is 2.30. The highest BCUT2D eigenvalue weighted by molar-refractivity contribution is 9.10. The van der Waals surface area contributed by atoms with Crippen molar-refractivity contribution in [2.45, 2.75) is 31.1 Å². The van der Waals surface area contributed by atoms with Crippen molar-refractivity contribution in [1.29, 1.82) is 0 Å². The highest BCUT2D eigenvalue weighted by Gasteiger charge is 2.23. The lowest BCUT2D eigenvalue weighted by molar-refractivity contribution is -0.137. The Bertz CT molecular complexity index is 466. The highest BCUT2D eigenvalue weighted by atomic mass is 79.9. The number of halogens is 1. The summed E-state index contributed by atoms with van der Waals surface area (Å²) in [4.78, 5) is 22.4. The van der Waals surface area contributed by atoms with Gasteiger partial charge >= 0.3 is 5.97 Å². The Morgan fingerprint density at radius 2 is 1.68 bits per heavy atom. The number of hydrogen-bond acceptors (Lipinski definition) is 3. The van der Waals surface area contributed by atoms with Crippen LogP contribution in [0.2, 0.25) is 0 Å². The number of anilines is 2. The number of carbonyl (C=O) groups is 2. The number of alkyl halides is 1. The molecule has 6 heteroatoms. The van der Waals surface area contributed by atoms with E-state index in [9.17, 15) is 9.59 Å². The minimum Gasteiger partial charge on any atom is -0.480 e. The molecular weight excluding hydrogens is 312 g/mol. The lowest BCUT2D eigenvalue weighted by Gasteiger charge is -2.16. The van der Waals surface area contributed by atoms with E-state index in [-0.39, 0.29) is 5.91 Å². The van der Waals surface area contributed by atoms with Gasteiger partial charge in [0.2, 0.25) is 5.91 Å². The predicted molar refractivity (Wildman–Crippen MR) is 78.8 cm³/mol. The molecule has 1 aromatic rings. The van der Waals surface area contributed by atoms with Gasteiger partial charge in [-0.25, -0.2) is 0 Å². The number of amides is 1. The molecule has 1 rings (SSSR count). The Balaban J connectivity index is 2.67. The Morgan fingerprint density at radius 1 is 1.21 bits per heavy atom. The normalized spacial score (nSPS) is 12.6. The van der Waals surface area contributed by atoms with Crippen molar-refractivity contribution in [2.24, 2.45) is 0 Å². The summed E-state index contributed by atoms with van der Waals surface area (Å²) >= 11 is 3.27. The summed E-state index contributed by atoms with van der Waals surface area (Å²) in [6.45, 7) is 5.07. The third-order valence-corrected chi connectivity index (χ3v) is 2.80. The van der Waals surface area contributed by atoms with E-state index in [1.165, 1.54) is 0 Å². The summed E-state index contributed by atoms with van der Waals surface area (Å²) in [6.07, 6.45) is 0. The smallest absolute Gasteiger partial charge is 0.325 e. The first-order valence-electron chi connectivity index (χ1n) is 5.80. The van der Waals surface area contributed by atoms with Crippen molar-refractivity contribution in [3.8, 4) is 0 Å². The summed E-state index contributed by atoms with van der Waals surface area (Å²) in [5, 5.41) is 14.4. The van der Waals surface area contributed by atoms with E-state index in [1.54, 1.807) is 45.0 Å². The van der Waals surface area contributed by atoms with E-state index in [0.29, 0.717) is 11.4 Å². The summed E-state index contributed by atoms with van der Waals surface area (Å²) in [5.41, 5.74) is 1.34. The van der Waals surface area contributed by atoms with Crippen molar-refractivity contribution in [3.05, 3.63) is 24.3 Å². The Labute approximate surface area is 120 Å². The van der Waals surface area contributed by atoms with Crippen LogP contribution in [0.4, 0.5) is 11.4 Å². The zero-order valence-corrected chi connectivity index (χ0v) is 12.6. The third kappa shape index (κ3) is 4.90. The fraction of sp³-hybridized carbons (Fsp3) is 0.385. The molecule has 0 aliphatic heterocycles. The van der Waals surface area contributed by atoms with Crippen molar-refractivity contribution >= 4 is 39.2 Å². The molecule has 5 nitrogen and oxygen atoms in total. The molecule has 0 aromatic heterocycles. The van der Waals surface area contributed by atoms with Crippen LogP contribution in [0, 0.1) is 0 Å². The van der Waals surface area contributed by atoms with Crippen LogP contribution < -0.4 is 10.6 Å². The second-order valence-electron chi connectivity index (χ2n) is 4.71. The maximum atomic E-state index is 11.7. The van der Waals surface area contributed by atoms with Crippen LogP contribution in [-0.2, 0) is 9.59 Å². The van der Waals surface area contributed by atoms with E-state index in [2.05, 4.69) is 26.6 Å². The lowest BCUT2D eigenvalue weighted by Crippen LogP contribution is -2.30. The molecular formula is C13H17BrN2O3. The predicted octanol–water partition coefficient (Wildman–Crippen LogP) is 2.68. The summed E-state index contributed by atoms with van der Waals surface area (Å²) in [5.74, 6) is -1.06. The monoisotopic (exact) mass is 328 g/mol. The number of carboxylic acids is 1. The first kappa shape index (κ1) is 15.5. The Morgan fingerprint density at radius 3 is 2.11 bits per heavy atom. The summed E-state index contributed by atoms with van der Waals surface area (Å²) < 4.78 is -0.637. The second-order valence-corrected chi connectivity index (χ2v) is 6.69. The van der Waals surface area contributed by atoms with Crippen molar-refractivity contribution in [3.63, 3.8) is 0 Å². The molecule has 19 heavy (non-hydrogen) atoms. The zero-order valence-electron chi connectivity index (χ0n) is 11.0. The molecule has 104 valence electrons. The van der Waals surface area contributed by atoms with Gasteiger partial charge in [0.15, 0.2) is 0 Å². The van der Waals surface area contributed by atoms with Gasteiger partial charge < -0.3 is 15.7 Å². The van der Waals surface area contributed by atoms with E-state index >= 15 is 0 Å². The van der Waals surface area contributed by atoms with Gasteiger partial charge in [-0.3, -0.25) is 9.59 Å². The van der Waals surface area contributed by atoms with E-state index in [4.69, 9.17) is 5.11 Å². The maximum Gasteiger partial charge on any atom is 0.325 e. The van der Waals surface area contributed by atoms with Gasteiger partial charge in [0.25, 0.3) is 0 Å². The van der Waals surface area contributed by atoms with Gasteiger partial charge in [-0.2, -0.15) is 0 Å². The van der Waals surface area contributed by atoms with Gasteiger partial charge in [0.1, 0.15) is 6.04 Å². The van der Waals surface area contributed by atoms with Gasteiger partial charge in [0, 0.05) is 11.4 Å². The van der Waals surface area contributed by atoms with Crippen LogP contribution in [0.3, 0.4) is 0 Å². The van der Waals surface area contributed by atoms with Crippen LogP contribution >= 0.6 is 15.9 Å². The molecule has 0 aliphatic rings. The molecule has 0 unspecified atom stereocenters.